The number of ether oxygens (including phenoxy) is 1. The summed E-state index contributed by atoms with van der Waals surface area (Å²) < 4.78 is 5.34. The zero-order valence-corrected chi connectivity index (χ0v) is 8.61. The van der Waals surface area contributed by atoms with Crippen molar-refractivity contribution in [3.63, 3.8) is 0 Å². The molecule has 0 aromatic rings. The molecule has 0 aliphatic carbocycles. The van der Waals surface area contributed by atoms with E-state index in [4.69, 9.17) is 10.00 Å². The van der Waals surface area contributed by atoms with E-state index >= 15 is 0 Å². The average Bonchev–Trinajstić information content (AvgIpc) is 2.81. The van der Waals surface area contributed by atoms with Crippen molar-refractivity contribution in [2.45, 2.75) is 25.0 Å². The Labute approximate surface area is 89.0 Å². The minimum atomic E-state index is -0.338. The highest BCUT2D eigenvalue weighted by atomic mass is 16.5. The molecule has 5 heteroatoms. The molecule has 82 valence electrons. The highest BCUT2D eigenvalue weighted by molar-refractivity contribution is 5.82. The van der Waals surface area contributed by atoms with Gasteiger partial charge in [-0.15, -0.1) is 0 Å². The highest BCUT2D eigenvalue weighted by Crippen LogP contribution is 2.16. The summed E-state index contributed by atoms with van der Waals surface area (Å²) in [6.45, 7) is 2.60. The van der Waals surface area contributed by atoms with Crippen LogP contribution in [0.5, 0.6) is 0 Å². The van der Waals surface area contributed by atoms with Crippen molar-refractivity contribution >= 4 is 5.91 Å². The predicted molar refractivity (Wildman–Crippen MR) is 53.0 cm³/mol. The van der Waals surface area contributed by atoms with Crippen molar-refractivity contribution in [2.24, 2.45) is 0 Å². The zero-order valence-electron chi connectivity index (χ0n) is 8.61. The van der Waals surface area contributed by atoms with Gasteiger partial charge < -0.3 is 15.0 Å². The first-order valence-corrected chi connectivity index (χ1v) is 5.35. The molecule has 0 aromatic carbocycles. The number of rotatable bonds is 1. The molecule has 2 rings (SSSR count). The van der Waals surface area contributed by atoms with E-state index in [0.29, 0.717) is 19.7 Å². The summed E-state index contributed by atoms with van der Waals surface area (Å²) in [5.74, 6) is -0.0134. The molecule has 0 radical (unpaired) electrons. The number of piperazine rings is 1. The fourth-order valence-electron chi connectivity index (χ4n) is 2.04. The molecule has 0 saturated carbocycles. The maximum atomic E-state index is 12.0. The lowest BCUT2D eigenvalue weighted by atomic mass is 10.1. The Morgan fingerprint density at radius 1 is 1.60 bits per heavy atom. The fourth-order valence-corrected chi connectivity index (χ4v) is 2.04. The highest BCUT2D eigenvalue weighted by Gasteiger charge is 2.33. The van der Waals surface area contributed by atoms with Crippen molar-refractivity contribution in [3.05, 3.63) is 0 Å². The molecule has 0 spiro atoms. The van der Waals surface area contributed by atoms with Gasteiger partial charge in [0.05, 0.1) is 6.07 Å². The SMILES string of the molecule is N#CC1CNCCN1C(=O)[C@@H]1CCCO1. The molecule has 0 aromatic heterocycles. The lowest BCUT2D eigenvalue weighted by molar-refractivity contribution is -0.143. The molecule has 0 bridgehead atoms. The first-order valence-electron chi connectivity index (χ1n) is 5.35. The van der Waals surface area contributed by atoms with Gasteiger partial charge >= 0.3 is 0 Å². The van der Waals surface area contributed by atoms with Crippen molar-refractivity contribution in [1.29, 1.82) is 5.26 Å². The largest absolute Gasteiger partial charge is 0.368 e. The lowest BCUT2D eigenvalue weighted by Crippen LogP contribution is -2.55. The van der Waals surface area contributed by atoms with Gasteiger partial charge in [0.25, 0.3) is 5.91 Å². The van der Waals surface area contributed by atoms with Crippen LogP contribution in [0, 0.1) is 11.3 Å². The second-order valence-electron chi connectivity index (χ2n) is 3.88. The summed E-state index contributed by atoms with van der Waals surface area (Å²) >= 11 is 0. The number of hydrogen-bond donors (Lipinski definition) is 1. The van der Waals surface area contributed by atoms with Crippen LogP contribution >= 0.6 is 0 Å². The molecule has 2 atom stereocenters. The number of amides is 1. The number of carbonyl (C=O) groups is 1. The molecule has 1 amide bonds. The average molecular weight is 209 g/mol. The smallest absolute Gasteiger partial charge is 0.252 e. The van der Waals surface area contributed by atoms with Crippen molar-refractivity contribution < 1.29 is 9.53 Å². The summed E-state index contributed by atoms with van der Waals surface area (Å²) in [6.07, 6.45) is 1.43. The molecule has 2 aliphatic rings. The molecule has 2 fully saturated rings. The number of hydrogen-bond acceptors (Lipinski definition) is 4. The van der Waals surface area contributed by atoms with Crippen LogP contribution in [0.15, 0.2) is 0 Å². The van der Waals surface area contributed by atoms with Gasteiger partial charge in [-0.25, -0.2) is 0 Å². The third-order valence-electron chi connectivity index (χ3n) is 2.88. The molecule has 2 heterocycles. The van der Waals surface area contributed by atoms with Gasteiger partial charge in [-0.05, 0) is 12.8 Å². The van der Waals surface area contributed by atoms with E-state index in [1.165, 1.54) is 0 Å². The van der Waals surface area contributed by atoms with E-state index in [9.17, 15) is 4.79 Å². The monoisotopic (exact) mass is 209 g/mol. The molecule has 5 nitrogen and oxygen atoms in total. The Balaban J connectivity index is 2.00. The van der Waals surface area contributed by atoms with Crippen molar-refractivity contribution in [2.75, 3.05) is 26.2 Å². The molecule has 1 N–H and O–H groups in total. The normalized spacial score (nSPS) is 31.3. The maximum Gasteiger partial charge on any atom is 0.252 e. The number of nitrogens with zero attached hydrogens (tertiary/aromatic N) is 2. The van der Waals surface area contributed by atoms with E-state index in [1.807, 2.05) is 0 Å². The Kier molecular flexibility index (Phi) is 3.19. The number of carbonyl (C=O) groups excluding carboxylic acids is 1. The summed E-state index contributed by atoms with van der Waals surface area (Å²) in [5.41, 5.74) is 0. The van der Waals surface area contributed by atoms with Crippen LogP contribution in [0.3, 0.4) is 0 Å². The van der Waals surface area contributed by atoms with Crippen LogP contribution in [0.2, 0.25) is 0 Å². The molecule has 2 aliphatic heterocycles. The molecular weight excluding hydrogens is 194 g/mol. The standard InChI is InChI=1S/C10H15N3O2/c11-6-8-7-12-3-4-13(8)10(14)9-2-1-5-15-9/h8-9,12H,1-5,7H2/t8?,9-/m0/s1. The quantitative estimate of drug-likeness (QED) is 0.631. The number of nitrogens with one attached hydrogen (secondary N) is 1. The Morgan fingerprint density at radius 3 is 3.13 bits per heavy atom. The van der Waals surface area contributed by atoms with Gasteiger partial charge in [-0.3, -0.25) is 4.79 Å². The number of nitriles is 1. The second-order valence-corrected chi connectivity index (χ2v) is 3.88. The molecule has 2 saturated heterocycles. The second kappa shape index (κ2) is 4.60. The predicted octanol–water partition coefficient (Wildman–Crippen LogP) is -0.511. The van der Waals surface area contributed by atoms with Crippen LogP contribution in [0.4, 0.5) is 0 Å². The third kappa shape index (κ3) is 2.11. The third-order valence-corrected chi connectivity index (χ3v) is 2.88. The maximum absolute atomic E-state index is 12.0. The summed E-state index contributed by atoms with van der Waals surface area (Å²) in [6, 6.07) is 1.81. The summed E-state index contributed by atoms with van der Waals surface area (Å²) in [5, 5.41) is 12.0. The molecular formula is C10H15N3O2. The summed E-state index contributed by atoms with van der Waals surface area (Å²) in [4.78, 5) is 13.6. The van der Waals surface area contributed by atoms with Gasteiger partial charge in [0, 0.05) is 26.2 Å². The minimum absolute atomic E-state index is 0.0134. The zero-order chi connectivity index (χ0) is 10.7. The van der Waals surface area contributed by atoms with Gasteiger partial charge in [-0.2, -0.15) is 5.26 Å². The molecule has 15 heavy (non-hydrogen) atoms. The lowest BCUT2D eigenvalue weighted by Gasteiger charge is -2.33. The van der Waals surface area contributed by atoms with Crippen LogP contribution in [0.25, 0.3) is 0 Å². The van der Waals surface area contributed by atoms with E-state index in [2.05, 4.69) is 11.4 Å². The van der Waals surface area contributed by atoms with E-state index in [0.717, 1.165) is 19.4 Å². The first-order chi connectivity index (χ1) is 7.33. The van der Waals surface area contributed by atoms with Crippen LogP contribution in [-0.2, 0) is 9.53 Å². The minimum Gasteiger partial charge on any atom is -0.368 e. The van der Waals surface area contributed by atoms with Crippen molar-refractivity contribution in [1.82, 2.24) is 10.2 Å². The fraction of sp³-hybridized carbons (Fsp3) is 0.800. The Morgan fingerprint density at radius 2 is 2.47 bits per heavy atom. The Hall–Kier alpha value is -1.12. The van der Waals surface area contributed by atoms with E-state index in [-0.39, 0.29) is 18.1 Å². The van der Waals surface area contributed by atoms with Gasteiger partial charge in [-0.1, -0.05) is 0 Å². The topological polar surface area (TPSA) is 65.4 Å². The van der Waals surface area contributed by atoms with Gasteiger partial charge in [0.15, 0.2) is 0 Å². The Bertz CT molecular complexity index is 281. The summed E-state index contributed by atoms with van der Waals surface area (Å²) in [7, 11) is 0. The van der Waals surface area contributed by atoms with Crippen LogP contribution < -0.4 is 5.32 Å². The van der Waals surface area contributed by atoms with Gasteiger partial charge in [0.2, 0.25) is 0 Å². The van der Waals surface area contributed by atoms with E-state index in [1.54, 1.807) is 4.90 Å². The van der Waals surface area contributed by atoms with Crippen LogP contribution in [-0.4, -0.2) is 49.2 Å². The van der Waals surface area contributed by atoms with E-state index < -0.39 is 0 Å². The van der Waals surface area contributed by atoms with Crippen molar-refractivity contribution in [3.8, 4) is 6.07 Å². The van der Waals surface area contributed by atoms with Crippen LogP contribution in [0.1, 0.15) is 12.8 Å². The molecule has 1 unspecified atom stereocenters. The first kappa shape index (κ1) is 10.4. The van der Waals surface area contributed by atoms with Gasteiger partial charge in [0.1, 0.15) is 12.1 Å².